The summed E-state index contributed by atoms with van der Waals surface area (Å²) in [5, 5.41) is 4.44. The van der Waals surface area contributed by atoms with Crippen molar-refractivity contribution in [3.8, 4) is 11.3 Å². The number of carbonyl (C=O) groups is 1. The Hall–Kier alpha value is -2.69. The van der Waals surface area contributed by atoms with Gasteiger partial charge in [-0.2, -0.15) is 0 Å². The number of nitrogens with one attached hydrogen (secondary N) is 1. The first-order valence-electron chi connectivity index (χ1n) is 9.57. The first-order chi connectivity index (χ1) is 14.3. The normalized spacial score (nSPS) is 11.0. The molecule has 0 spiro atoms. The fourth-order valence-electron chi connectivity index (χ4n) is 3.51. The van der Waals surface area contributed by atoms with Crippen molar-refractivity contribution >= 4 is 50.0 Å². The Bertz CT molecular complexity index is 1280. The summed E-state index contributed by atoms with van der Waals surface area (Å²) in [6, 6.07) is 19.4. The largest absolute Gasteiger partial charge is 0.322 e. The van der Waals surface area contributed by atoms with Crippen LogP contribution in [-0.2, 0) is 0 Å². The Morgan fingerprint density at radius 2 is 1.67 bits per heavy atom. The number of carbonyl (C=O) groups excluding carboxylic acids is 1. The third-order valence-electron chi connectivity index (χ3n) is 5.06. The van der Waals surface area contributed by atoms with Crippen LogP contribution in [0.5, 0.6) is 0 Å². The molecule has 30 heavy (non-hydrogen) atoms. The Balaban J connectivity index is 1.86. The number of hydrogen-bond acceptors (Lipinski definition) is 2. The molecule has 0 fully saturated rings. The van der Waals surface area contributed by atoms with Gasteiger partial charge in [0, 0.05) is 26.1 Å². The molecule has 1 amide bonds. The number of fused-ring (bicyclic) bond motifs is 1. The van der Waals surface area contributed by atoms with Crippen LogP contribution < -0.4 is 5.32 Å². The quantitative estimate of drug-likeness (QED) is 0.330. The summed E-state index contributed by atoms with van der Waals surface area (Å²) >= 11 is 9.70. The van der Waals surface area contributed by atoms with Crippen molar-refractivity contribution in [3.63, 3.8) is 0 Å². The number of nitrogens with zero attached hydrogens (tertiary/aromatic N) is 1. The van der Waals surface area contributed by atoms with Crippen LogP contribution in [-0.4, -0.2) is 10.9 Å². The molecule has 0 saturated carbocycles. The lowest BCUT2D eigenvalue weighted by molar-refractivity contribution is 0.102. The van der Waals surface area contributed by atoms with Crippen molar-refractivity contribution in [3.05, 3.63) is 92.4 Å². The maximum absolute atomic E-state index is 13.3. The van der Waals surface area contributed by atoms with Gasteiger partial charge in [0.05, 0.1) is 16.8 Å². The summed E-state index contributed by atoms with van der Waals surface area (Å²) in [6.45, 7) is 5.98. The molecule has 0 aliphatic heterocycles. The van der Waals surface area contributed by atoms with E-state index < -0.39 is 0 Å². The van der Waals surface area contributed by atoms with E-state index in [4.69, 9.17) is 16.6 Å². The highest BCUT2D eigenvalue weighted by atomic mass is 79.9. The number of hydrogen-bond donors (Lipinski definition) is 1. The zero-order valence-corrected chi connectivity index (χ0v) is 19.2. The second kappa shape index (κ2) is 8.21. The Morgan fingerprint density at radius 1 is 0.933 bits per heavy atom. The van der Waals surface area contributed by atoms with E-state index >= 15 is 0 Å². The van der Waals surface area contributed by atoms with Gasteiger partial charge in [0.25, 0.3) is 5.91 Å². The summed E-state index contributed by atoms with van der Waals surface area (Å²) < 4.78 is 0.994. The first-order valence-corrected chi connectivity index (χ1v) is 10.7. The van der Waals surface area contributed by atoms with Crippen molar-refractivity contribution < 1.29 is 4.79 Å². The number of pyridine rings is 1. The molecule has 1 N–H and O–H groups in total. The van der Waals surface area contributed by atoms with E-state index in [1.807, 2.05) is 69.3 Å². The molecule has 0 saturated heterocycles. The molecular weight excluding hydrogens is 460 g/mol. The summed E-state index contributed by atoms with van der Waals surface area (Å²) in [4.78, 5) is 18.2. The van der Waals surface area contributed by atoms with Crippen molar-refractivity contribution in [1.29, 1.82) is 0 Å². The Morgan fingerprint density at radius 3 is 2.37 bits per heavy atom. The van der Waals surface area contributed by atoms with Gasteiger partial charge >= 0.3 is 0 Å². The van der Waals surface area contributed by atoms with Gasteiger partial charge in [-0.3, -0.25) is 4.79 Å². The molecule has 0 aliphatic rings. The van der Waals surface area contributed by atoms with Crippen LogP contribution in [0.1, 0.15) is 27.0 Å². The smallest absolute Gasteiger partial charge is 0.256 e. The predicted octanol–water partition coefficient (Wildman–Crippen LogP) is 7.50. The fraction of sp³-hybridized carbons (Fsp3) is 0.120. The van der Waals surface area contributed by atoms with Crippen LogP contribution in [0, 0.1) is 20.8 Å². The average Bonchev–Trinajstić information content (AvgIpc) is 2.70. The van der Waals surface area contributed by atoms with E-state index in [1.54, 1.807) is 6.07 Å². The number of amides is 1. The fourth-order valence-corrected chi connectivity index (χ4v) is 3.95. The number of aryl methyl sites for hydroxylation is 3. The maximum Gasteiger partial charge on any atom is 0.256 e. The van der Waals surface area contributed by atoms with Gasteiger partial charge in [-0.25, -0.2) is 4.98 Å². The monoisotopic (exact) mass is 478 g/mol. The molecule has 0 atom stereocenters. The van der Waals surface area contributed by atoms with Crippen LogP contribution in [0.4, 0.5) is 5.69 Å². The van der Waals surface area contributed by atoms with E-state index in [9.17, 15) is 4.79 Å². The lowest BCUT2D eigenvalue weighted by Gasteiger charge is -2.13. The molecule has 0 bridgehead atoms. The second-order valence-electron chi connectivity index (χ2n) is 7.46. The van der Waals surface area contributed by atoms with Crippen molar-refractivity contribution in [1.82, 2.24) is 4.98 Å². The first kappa shape index (κ1) is 20.6. The Kier molecular flexibility index (Phi) is 5.63. The third kappa shape index (κ3) is 4.11. The summed E-state index contributed by atoms with van der Waals surface area (Å²) in [6.07, 6.45) is 0. The van der Waals surface area contributed by atoms with Crippen LogP contribution >= 0.6 is 27.5 Å². The van der Waals surface area contributed by atoms with E-state index in [0.29, 0.717) is 16.3 Å². The maximum atomic E-state index is 13.3. The van der Waals surface area contributed by atoms with Gasteiger partial charge in [-0.15, -0.1) is 0 Å². The predicted molar refractivity (Wildman–Crippen MR) is 128 cm³/mol. The molecular formula is C25H20BrClN2O. The number of benzene rings is 3. The lowest BCUT2D eigenvalue weighted by atomic mass is 9.99. The molecule has 0 aliphatic carbocycles. The minimum absolute atomic E-state index is 0.189. The SMILES string of the molecule is Cc1cc(C)c2nc(-c3ccc(Br)cc3)cc(C(=O)Nc3ccc(C)c(Cl)c3)c2c1. The molecule has 1 aromatic heterocycles. The van der Waals surface area contributed by atoms with E-state index in [2.05, 4.69) is 27.3 Å². The molecule has 4 rings (SSSR count). The van der Waals surface area contributed by atoms with Crippen molar-refractivity contribution in [2.24, 2.45) is 0 Å². The minimum Gasteiger partial charge on any atom is -0.322 e. The lowest BCUT2D eigenvalue weighted by Crippen LogP contribution is -2.13. The third-order valence-corrected chi connectivity index (χ3v) is 6.00. The van der Waals surface area contributed by atoms with Crippen LogP contribution in [0.15, 0.2) is 65.1 Å². The van der Waals surface area contributed by atoms with E-state index in [1.165, 1.54) is 0 Å². The summed E-state index contributed by atoms with van der Waals surface area (Å²) in [5.41, 5.74) is 6.88. The second-order valence-corrected chi connectivity index (χ2v) is 8.78. The molecule has 0 unspecified atom stereocenters. The summed E-state index contributed by atoms with van der Waals surface area (Å²) in [7, 11) is 0. The van der Waals surface area contributed by atoms with Gasteiger partial charge in [-0.05, 0) is 68.3 Å². The minimum atomic E-state index is -0.189. The molecule has 1 heterocycles. The van der Waals surface area contributed by atoms with Gasteiger partial charge in [0.1, 0.15) is 0 Å². The van der Waals surface area contributed by atoms with E-state index in [0.717, 1.165) is 43.3 Å². The van der Waals surface area contributed by atoms with Gasteiger partial charge in [0.2, 0.25) is 0 Å². The van der Waals surface area contributed by atoms with Gasteiger partial charge < -0.3 is 5.32 Å². The number of halogens is 2. The average molecular weight is 480 g/mol. The van der Waals surface area contributed by atoms with Crippen LogP contribution in [0.3, 0.4) is 0 Å². The topological polar surface area (TPSA) is 42.0 Å². The zero-order chi connectivity index (χ0) is 21.4. The van der Waals surface area contributed by atoms with Crippen LogP contribution in [0.2, 0.25) is 5.02 Å². The zero-order valence-electron chi connectivity index (χ0n) is 16.9. The molecule has 3 aromatic carbocycles. The van der Waals surface area contributed by atoms with Crippen molar-refractivity contribution in [2.45, 2.75) is 20.8 Å². The molecule has 0 radical (unpaired) electrons. The van der Waals surface area contributed by atoms with Crippen molar-refractivity contribution in [2.75, 3.05) is 5.32 Å². The number of aromatic nitrogens is 1. The molecule has 5 heteroatoms. The molecule has 4 aromatic rings. The molecule has 3 nitrogen and oxygen atoms in total. The number of rotatable bonds is 3. The van der Waals surface area contributed by atoms with Gasteiger partial charge in [0.15, 0.2) is 0 Å². The highest BCUT2D eigenvalue weighted by Gasteiger charge is 2.16. The molecule has 150 valence electrons. The highest BCUT2D eigenvalue weighted by Crippen LogP contribution is 2.29. The number of anilines is 1. The van der Waals surface area contributed by atoms with E-state index in [-0.39, 0.29) is 5.91 Å². The summed E-state index contributed by atoms with van der Waals surface area (Å²) in [5.74, 6) is -0.189. The highest BCUT2D eigenvalue weighted by molar-refractivity contribution is 9.10. The van der Waals surface area contributed by atoms with Crippen LogP contribution in [0.25, 0.3) is 22.2 Å². The standard InChI is InChI=1S/C25H20BrClN2O/c1-14-10-16(3)24-20(11-14)21(13-23(29-24)17-5-7-18(26)8-6-17)25(30)28-19-9-4-15(2)22(27)12-19/h4-13H,1-3H3,(H,28,30). The Labute approximate surface area is 189 Å². The van der Waals surface area contributed by atoms with Gasteiger partial charge in [-0.1, -0.05) is 57.4 Å².